The average Bonchev–Trinajstić information content (AvgIpc) is 3.50. The monoisotopic (exact) mass is 368 g/mol. The van der Waals surface area contributed by atoms with E-state index in [0.717, 1.165) is 30.2 Å². The number of H-pyrrole nitrogens is 1. The molecule has 5 nitrogen and oxygen atoms in total. The van der Waals surface area contributed by atoms with Crippen molar-refractivity contribution in [2.24, 2.45) is 5.92 Å². The summed E-state index contributed by atoms with van der Waals surface area (Å²) in [5.74, 6) is 0.537. The molecule has 0 unspecified atom stereocenters. The minimum atomic E-state index is -0.232. The molecule has 0 bridgehead atoms. The number of hydrogen-bond donors (Lipinski definition) is 1. The number of morpholine rings is 1. The van der Waals surface area contributed by atoms with Crippen molar-refractivity contribution in [1.29, 1.82) is 0 Å². The van der Waals surface area contributed by atoms with Gasteiger partial charge < -0.3 is 14.6 Å². The van der Waals surface area contributed by atoms with E-state index in [1.54, 1.807) is 0 Å². The zero-order valence-electron chi connectivity index (χ0n) is 16.2. The highest BCUT2D eigenvalue weighted by atomic mass is 16.5. The van der Waals surface area contributed by atoms with Crippen LogP contribution in [0.25, 0.3) is 10.9 Å². The summed E-state index contributed by atoms with van der Waals surface area (Å²) in [7, 11) is 0. The maximum Gasteiger partial charge on any atom is 0.254 e. The lowest BCUT2D eigenvalue weighted by Gasteiger charge is -2.38. The van der Waals surface area contributed by atoms with Crippen LogP contribution in [0.15, 0.2) is 29.1 Å². The van der Waals surface area contributed by atoms with Crippen molar-refractivity contribution in [3.8, 4) is 0 Å². The predicted molar refractivity (Wildman–Crippen MR) is 106 cm³/mol. The van der Waals surface area contributed by atoms with Crippen LogP contribution in [-0.4, -0.2) is 41.1 Å². The molecule has 2 aliphatic rings. The molecule has 1 aromatic heterocycles. The number of fused-ring (bicyclic) bond motifs is 1. The molecule has 2 fully saturated rings. The molecule has 5 heteroatoms. The number of aromatic amines is 1. The van der Waals surface area contributed by atoms with Crippen molar-refractivity contribution in [3.63, 3.8) is 0 Å². The Labute approximate surface area is 159 Å². The minimum Gasteiger partial charge on any atom is -0.371 e. The number of amides is 1. The first-order valence-corrected chi connectivity index (χ1v) is 10.1. The topological polar surface area (TPSA) is 62.4 Å². The number of pyridine rings is 1. The number of aromatic nitrogens is 1. The third-order valence-electron chi connectivity index (χ3n) is 5.74. The molecular formula is C22H28N2O3. The molecule has 1 aromatic carbocycles. The first-order chi connectivity index (χ1) is 13.0. The normalized spacial score (nSPS) is 23.0. The summed E-state index contributed by atoms with van der Waals surface area (Å²) in [5, 5.41) is 0.819. The highest BCUT2D eigenvalue weighted by Gasteiger charge is 2.39. The first-order valence-electron chi connectivity index (χ1n) is 10.1. The van der Waals surface area contributed by atoms with Crippen molar-refractivity contribution in [3.05, 3.63) is 45.7 Å². The van der Waals surface area contributed by atoms with Crippen molar-refractivity contribution in [1.82, 2.24) is 9.88 Å². The van der Waals surface area contributed by atoms with Gasteiger partial charge in [-0.15, -0.1) is 0 Å². The molecule has 1 aliphatic heterocycles. The molecule has 2 atom stereocenters. The van der Waals surface area contributed by atoms with Gasteiger partial charge in [0, 0.05) is 30.1 Å². The summed E-state index contributed by atoms with van der Waals surface area (Å²) in [6.45, 7) is 5.42. The molecular weight excluding hydrogens is 340 g/mol. The highest BCUT2D eigenvalue weighted by molar-refractivity contribution is 6.06. The Hall–Kier alpha value is -2.14. The summed E-state index contributed by atoms with van der Waals surface area (Å²) in [5.41, 5.74) is 2.06. The van der Waals surface area contributed by atoms with Crippen LogP contribution in [0.4, 0.5) is 0 Å². The third-order valence-corrected chi connectivity index (χ3v) is 5.74. The van der Waals surface area contributed by atoms with Crippen LogP contribution in [0, 0.1) is 12.8 Å². The standard InChI is InChI=1S/C22H28N2O3/c1-3-4-5-16-12-24(13-20(27-16)15-7-8-15)22(26)18-11-21(25)23-19-9-6-14(2)10-17(18)19/h6,9-11,15-16,20H,3-5,7-8,12-13H2,1-2H3,(H,23,25)/t16-,20-/m1/s1. The highest BCUT2D eigenvalue weighted by Crippen LogP contribution is 2.37. The molecule has 1 N–H and O–H groups in total. The Balaban J connectivity index is 1.65. The van der Waals surface area contributed by atoms with Gasteiger partial charge in [-0.2, -0.15) is 0 Å². The maximum absolute atomic E-state index is 13.4. The number of hydrogen-bond acceptors (Lipinski definition) is 3. The number of aryl methyl sites for hydroxylation is 1. The lowest BCUT2D eigenvalue weighted by atomic mass is 10.0. The van der Waals surface area contributed by atoms with Gasteiger partial charge in [0.1, 0.15) is 0 Å². The van der Waals surface area contributed by atoms with E-state index in [1.165, 1.54) is 18.9 Å². The summed E-state index contributed by atoms with van der Waals surface area (Å²) >= 11 is 0. The van der Waals surface area contributed by atoms with Gasteiger partial charge in [-0.05, 0) is 44.2 Å². The number of nitrogens with one attached hydrogen (secondary N) is 1. The van der Waals surface area contributed by atoms with E-state index >= 15 is 0 Å². The van der Waals surface area contributed by atoms with E-state index in [9.17, 15) is 9.59 Å². The predicted octanol–water partition coefficient (Wildman–Crippen LogP) is 3.65. The largest absolute Gasteiger partial charge is 0.371 e. The smallest absolute Gasteiger partial charge is 0.254 e. The molecule has 0 radical (unpaired) electrons. The van der Waals surface area contributed by atoms with Gasteiger partial charge in [0.15, 0.2) is 0 Å². The van der Waals surface area contributed by atoms with Crippen LogP contribution in [0.2, 0.25) is 0 Å². The van der Waals surface area contributed by atoms with E-state index < -0.39 is 0 Å². The molecule has 27 heavy (non-hydrogen) atoms. The van der Waals surface area contributed by atoms with Crippen molar-refractivity contribution in [2.75, 3.05) is 13.1 Å². The van der Waals surface area contributed by atoms with Gasteiger partial charge in [0.05, 0.1) is 17.8 Å². The number of nitrogens with zero attached hydrogens (tertiary/aromatic N) is 1. The summed E-state index contributed by atoms with van der Waals surface area (Å²) < 4.78 is 6.30. The van der Waals surface area contributed by atoms with Crippen LogP contribution < -0.4 is 5.56 Å². The third kappa shape index (κ3) is 3.93. The van der Waals surface area contributed by atoms with E-state index in [0.29, 0.717) is 30.1 Å². The summed E-state index contributed by atoms with van der Waals surface area (Å²) in [4.78, 5) is 30.3. The average molecular weight is 368 g/mol. The number of rotatable bonds is 5. The van der Waals surface area contributed by atoms with Gasteiger partial charge in [0.25, 0.3) is 5.91 Å². The SMILES string of the molecule is CCCC[C@@H]1CN(C(=O)c2cc(=O)[nH]c3ccc(C)cc23)C[C@H](C2CC2)O1. The summed E-state index contributed by atoms with van der Waals surface area (Å²) in [6.07, 6.45) is 5.85. The molecule has 1 aliphatic carbocycles. The Morgan fingerprint density at radius 1 is 1.26 bits per heavy atom. The Bertz CT molecular complexity index is 900. The minimum absolute atomic E-state index is 0.0489. The number of benzene rings is 1. The first kappa shape index (κ1) is 18.2. The Morgan fingerprint density at radius 2 is 2.07 bits per heavy atom. The molecule has 4 rings (SSSR count). The van der Waals surface area contributed by atoms with Gasteiger partial charge in [0.2, 0.25) is 5.56 Å². The number of carbonyl (C=O) groups excluding carboxylic acids is 1. The molecule has 1 amide bonds. The second-order valence-corrected chi connectivity index (χ2v) is 8.08. The number of carbonyl (C=O) groups is 1. The van der Waals surface area contributed by atoms with E-state index in [4.69, 9.17) is 4.74 Å². The zero-order chi connectivity index (χ0) is 19.0. The summed E-state index contributed by atoms with van der Waals surface area (Å²) in [6, 6.07) is 7.25. The van der Waals surface area contributed by atoms with Crippen LogP contribution >= 0.6 is 0 Å². The second kappa shape index (κ2) is 7.47. The molecule has 1 saturated heterocycles. The fraction of sp³-hybridized carbons (Fsp3) is 0.545. The fourth-order valence-electron chi connectivity index (χ4n) is 4.07. The quantitative estimate of drug-likeness (QED) is 0.876. The zero-order valence-corrected chi connectivity index (χ0v) is 16.2. The van der Waals surface area contributed by atoms with Crippen molar-refractivity contribution in [2.45, 2.75) is 58.2 Å². The van der Waals surface area contributed by atoms with Gasteiger partial charge >= 0.3 is 0 Å². The van der Waals surface area contributed by atoms with Gasteiger partial charge in [-0.25, -0.2) is 0 Å². The van der Waals surface area contributed by atoms with Gasteiger partial charge in [-0.3, -0.25) is 9.59 Å². The van der Waals surface area contributed by atoms with Crippen LogP contribution in [0.5, 0.6) is 0 Å². The van der Waals surface area contributed by atoms with Crippen LogP contribution in [-0.2, 0) is 4.74 Å². The maximum atomic E-state index is 13.4. The number of ether oxygens (including phenoxy) is 1. The fourth-order valence-corrected chi connectivity index (χ4v) is 4.07. The van der Waals surface area contributed by atoms with Crippen molar-refractivity contribution < 1.29 is 9.53 Å². The van der Waals surface area contributed by atoms with Gasteiger partial charge in [-0.1, -0.05) is 31.4 Å². The molecule has 2 heterocycles. The van der Waals surface area contributed by atoms with Crippen LogP contribution in [0.1, 0.15) is 54.9 Å². The molecule has 144 valence electrons. The van der Waals surface area contributed by atoms with Crippen LogP contribution in [0.3, 0.4) is 0 Å². The van der Waals surface area contributed by atoms with E-state index in [1.807, 2.05) is 30.0 Å². The molecule has 1 saturated carbocycles. The Kier molecular flexibility index (Phi) is 5.04. The lowest BCUT2D eigenvalue weighted by Crippen LogP contribution is -2.51. The second-order valence-electron chi connectivity index (χ2n) is 8.08. The van der Waals surface area contributed by atoms with Crippen molar-refractivity contribution >= 4 is 16.8 Å². The molecule has 0 spiro atoms. The van der Waals surface area contributed by atoms with E-state index in [-0.39, 0.29) is 23.7 Å². The molecule has 2 aromatic rings. The Morgan fingerprint density at radius 3 is 2.81 bits per heavy atom. The lowest BCUT2D eigenvalue weighted by molar-refractivity contribution is -0.0874. The van der Waals surface area contributed by atoms with E-state index in [2.05, 4.69) is 11.9 Å². The number of unbranched alkanes of at least 4 members (excludes halogenated alkanes) is 1.